The molecule has 2 aliphatic heterocycles. The van der Waals surface area contributed by atoms with Gasteiger partial charge in [0, 0.05) is 13.1 Å². The lowest BCUT2D eigenvalue weighted by Gasteiger charge is -2.23. The molecule has 3 rings (SSSR count). The summed E-state index contributed by atoms with van der Waals surface area (Å²) in [6, 6.07) is 0.371. The topological polar surface area (TPSA) is 63.1 Å². The second-order valence-corrected chi connectivity index (χ2v) is 7.09. The van der Waals surface area contributed by atoms with Crippen LogP contribution in [-0.2, 0) is 0 Å². The SMILES string of the molecule is Cc1c(C(=O)N2CCC(C)(C)C2)nnn1C1CCNCC1. The van der Waals surface area contributed by atoms with Crippen molar-refractivity contribution in [3.8, 4) is 0 Å². The summed E-state index contributed by atoms with van der Waals surface area (Å²) in [5.74, 6) is 0.0401. The van der Waals surface area contributed by atoms with E-state index in [1.54, 1.807) is 0 Å². The number of amides is 1. The van der Waals surface area contributed by atoms with Gasteiger partial charge >= 0.3 is 0 Å². The Balaban J connectivity index is 1.77. The zero-order valence-electron chi connectivity index (χ0n) is 13.2. The molecular formula is C15H25N5O. The summed E-state index contributed by atoms with van der Waals surface area (Å²) in [4.78, 5) is 14.6. The van der Waals surface area contributed by atoms with Crippen LogP contribution in [0.4, 0.5) is 0 Å². The van der Waals surface area contributed by atoms with Crippen LogP contribution in [0.3, 0.4) is 0 Å². The number of carbonyl (C=O) groups excluding carboxylic acids is 1. The largest absolute Gasteiger partial charge is 0.337 e. The first-order valence-electron chi connectivity index (χ1n) is 7.90. The summed E-state index contributed by atoms with van der Waals surface area (Å²) in [6.45, 7) is 10.0. The number of likely N-dealkylation sites (tertiary alicyclic amines) is 1. The number of carbonyl (C=O) groups is 1. The first-order valence-corrected chi connectivity index (χ1v) is 7.90. The van der Waals surface area contributed by atoms with E-state index in [0.717, 1.165) is 51.1 Å². The third-order valence-electron chi connectivity index (χ3n) is 4.75. The summed E-state index contributed by atoms with van der Waals surface area (Å²) in [5.41, 5.74) is 1.66. The lowest BCUT2D eigenvalue weighted by Crippen LogP contribution is -2.32. The molecule has 0 aromatic carbocycles. The van der Waals surface area contributed by atoms with Gasteiger partial charge in [-0.15, -0.1) is 5.10 Å². The lowest BCUT2D eigenvalue weighted by atomic mass is 9.93. The smallest absolute Gasteiger partial charge is 0.276 e. The van der Waals surface area contributed by atoms with E-state index in [9.17, 15) is 4.79 Å². The summed E-state index contributed by atoms with van der Waals surface area (Å²) in [7, 11) is 0. The van der Waals surface area contributed by atoms with E-state index >= 15 is 0 Å². The predicted molar refractivity (Wildman–Crippen MR) is 80.2 cm³/mol. The summed E-state index contributed by atoms with van der Waals surface area (Å²) in [5, 5.41) is 11.8. The van der Waals surface area contributed by atoms with Gasteiger partial charge in [0.05, 0.1) is 11.7 Å². The Labute approximate surface area is 125 Å². The van der Waals surface area contributed by atoms with Crippen LogP contribution in [0, 0.1) is 12.3 Å². The Hall–Kier alpha value is -1.43. The Morgan fingerprint density at radius 3 is 2.67 bits per heavy atom. The maximum Gasteiger partial charge on any atom is 0.276 e. The average molecular weight is 291 g/mol. The number of hydrogen-bond acceptors (Lipinski definition) is 4. The molecule has 2 fully saturated rings. The Bertz CT molecular complexity index is 530. The van der Waals surface area contributed by atoms with Crippen molar-refractivity contribution in [2.24, 2.45) is 5.41 Å². The van der Waals surface area contributed by atoms with Crippen molar-refractivity contribution in [1.29, 1.82) is 0 Å². The maximum absolute atomic E-state index is 12.6. The number of piperidine rings is 1. The monoisotopic (exact) mass is 291 g/mol. The molecule has 0 aliphatic carbocycles. The van der Waals surface area contributed by atoms with Crippen LogP contribution in [0.25, 0.3) is 0 Å². The predicted octanol–water partition coefficient (Wildman–Crippen LogP) is 1.38. The number of aromatic nitrogens is 3. The fourth-order valence-electron chi connectivity index (χ4n) is 3.37. The second-order valence-electron chi connectivity index (χ2n) is 7.09. The highest BCUT2D eigenvalue weighted by Gasteiger charge is 2.34. The number of nitrogens with zero attached hydrogens (tertiary/aromatic N) is 4. The van der Waals surface area contributed by atoms with Crippen LogP contribution in [0.2, 0.25) is 0 Å². The van der Waals surface area contributed by atoms with Gasteiger partial charge in [0.1, 0.15) is 0 Å². The van der Waals surface area contributed by atoms with Gasteiger partial charge in [-0.3, -0.25) is 4.79 Å². The van der Waals surface area contributed by atoms with Crippen molar-refractivity contribution in [3.63, 3.8) is 0 Å². The van der Waals surface area contributed by atoms with Gasteiger partial charge in [0.2, 0.25) is 0 Å². The van der Waals surface area contributed by atoms with Gasteiger partial charge < -0.3 is 10.2 Å². The summed E-state index contributed by atoms with van der Waals surface area (Å²) < 4.78 is 1.95. The number of rotatable bonds is 2. The molecule has 0 bridgehead atoms. The Kier molecular flexibility index (Phi) is 3.73. The highest BCUT2D eigenvalue weighted by Crippen LogP contribution is 2.30. The van der Waals surface area contributed by atoms with E-state index in [0.29, 0.717) is 11.7 Å². The van der Waals surface area contributed by atoms with Crippen LogP contribution >= 0.6 is 0 Å². The van der Waals surface area contributed by atoms with E-state index in [2.05, 4.69) is 29.5 Å². The van der Waals surface area contributed by atoms with Gasteiger partial charge in [-0.2, -0.15) is 0 Å². The molecule has 0 radical (unpaired) electrons. The molecule has 2 aliphatic rings. The van der Waals surface area contributed by atoms with Crippen molar-refractivity contribution in [2.45, 2.75) is 46.1 Å². The summed E-state index contributed by atoms with van der Waals surface area (Å²) >= 11 is 0. The van der Waals surface area contributed by atoms with Crippen LogP contribution in [-0.4, -0.2) is 52.0 Å². The minimum Gasteiger partial charge on any atom is -0.337 e. The summed E-state index contributed by atoms with van der Waals surface area (Å²) in [6.07, 6.45) is 3.16. The van der Waals surface area contributed by atoms with Crippen LogP contribution in [0.5, 0.6) is 0 Å². The first kappa shape index (κ1) is 14.5. The van der Waals surface area contributed by atoms with Gasteiger partial charge in [-0.1, -0.05) is 19.1 Å². The normalized spacial score (nSPS) is 22.7. The highest BCUT2D eigenvalue weighted by molar-refractivity contribution is 5.93. The molecule has 0 saturated carbocycles. The molecule has 1 aromatic heterocycles. The van der Waals surface area contributed by atoms with Gasteiger partial charge in [-0.05, 0) is 44.7 Å². The van der Waals surface area contributed by atoms with Crippen LogP contribution < -0.4 is 5.32 Å². The third kappa shape index (κ3) is 2.81. The van der Waals surface area contributed by atoms with Crippen molar-refractivity contribution < 1.29 is 4.79 Å². The van der Waals surface area contributed by atoms with Crippen molar-refractivity contribution in [1.82, 2.24) is 25.2 Å². The first-order chi connectivity index (χ1) is 9.98. The van der Waals surface area contributed by atoms with Crippen molar-refractivity contribution >= 4 is 5.91 Å². The van der Waals surface area contributed by atoms with Crippen LogP contribution in [0.1, 0.15) is 55.3 Å². The average Bonchev–Trinajstić information content (AvgIpc) is 3.02. The Morgan fingerprint density at radius 1 is 1.33 bits per heavy atom. The molecule has 6 heteroatoms. The minimum absolute atomic E-state index is 0.0401. The molecule has 6 nitrogen and oxygen atoms in total. The lowest BCUT2D eigenvalue weighted by molar-refractivity contribution is 0.0771. The molecule has 21 heavy (non-hydrogen) atoms. The van der Waals surface area contributed by atoms with E-state index < -0.39 is 0 Å². The fourth-order valence-corrected chi connectivity index (χ4v) is 3.37. The van der Waals surface area contributed by atoms with Gasteiger partial charge in [0.25, 0.3) is 5.91 Å². The molecule has 0 spiro atoms. The number of nitrogens with one attached hydrogen (secondary N) is 1. The van der Waals surface area contributed by atoms with Crippen LogP contribution in [0.15, 0.2) is 0 Å². The van der Waals surface area contributed by atoms with Crippen molar-refractivity contribution in [2.75, 3.05) is 26.2 Å². The molecule has 0 atom stereocenters. The fraction of sp³-hybridized carbons (Fsp3) is 0.800. The zero-order valence-corrected chi connectivity index (χ0v) is 13.2. The van der Waals surface area contributed by atoms with Gasteiger partial charge in [-0.25, -0.2) is 4.68 Å². The molecule has 2 saturated heterocycles. The zero-order chi connectivity index (χ0) is 15.0. The molecule has 116 valence electrons. The highest BCUT2D eigenvalue weighted by atomic mass is 16.2. The third-order valence-corrected chi connectivity index (χ3v) is 4.75. The molecule has 1 amide bonds. The second kappa shape index (κ2) is 5.40. The van der Waals surface area contributed by atoms with Crippen molar-refractivity contribution in [3.05, 3.63) is 11.4 Å². The van der Waals surface area contributed by atoms with E-state index in [-0.39, 0.29) is 11.3 Å². The van der Waals surface area contributed by atoms with E-state index in [1.165, 1.54) is 0 Å². The van der Waals surface area contributed by atoms with Gasteiger partial charge in [0.15, 0.2) is 5.69 Å². The van der Waals surface area contributed by atoms with E-state index in [4.69, 9.17) is 0 Å². The number of hydrogen-bond donors (Lipinski definition) is 1. The molecule has 0 unspecified atom stereocenters. The van der Waals surface area contributed by atoms with E-state index in [1.807, 2.05) is 16.5 Å². The Morgan fingerprint density at radius 2 is 2.05 bits per heavy atom. The molecular weight excluding hydrogens is 266 g/mol. The standard InChI is InChI=1S/C15H25N5O/c1-11-13(14(21)19-9-6-15(2,3)10-19)17-18-20(11)12-4-7-16-8-5-12/h12,16H,4-10H2,1-3H3. The molecule has 3 heterocycles. The molecule has 1 N–H and O–H groups in total. The maximum atomic E-state index is 12.6. The molecule has 1 aromatic rings. The minimum atomic E-state index is 0.0401. The quantitative estimate of drug-likeness (QED) is 0.894.